The molecule has 0 unspecified atom stereocenters. The second-order valence-corrected chi connectivity index (χ2v) is 4.86. The van der Waals surface area contributed by atoms with Gasteiger partial charge in [-0.3, -0.25) is 4.98 Å². The Morgan fingerprint density at radius 3 is 2.90 bits per heavy atom. The van der Waals surface area contributed by atoms with Crippen LogP contribution in [-0.4, -0.2) is 35.4 Å². The van der Waals surface area contributed by atoms with Gasteiger partial charge < -0.3 is 14.5 Å². The van der Waals surface area contributed by atoms with Crippen LogP contribution in [-0.2, 0) is 0 Å². The summed E-state index contributed by atoms with van der Waals surface area (Å²) in [6.07, 6.45) is 3.33. The van der Waals surface area contributed by atoms with Crippen molar-refractivity contribution in [2.45, 2.75) is 6.92 Å². The van der Waals surface area contributed by atoms with Crippen molar-refractivity contribution < 1.29 is 9.52 Å². The third-order valence-corrected chi connectivity index (χ3v) is 3.21. The Kier molecular flexibility index (Phi) is 2.82. The lowest BCUT2D eigenvalue weighted by Gasteiger charge is -2.00. The largest absolute Gasteiger partial charge is 0.506 e. The Morgan fingerprint density at radius 1 is 1.35 bits per heavy atom. The molecule has 0 radical (unpaired) electrons. The van der Waals surface area contributed by atoms with Gasteiger partial charge in [-0.15, -0.1) is 0 Å². The molecular weight excluding hydrogens is 254 g/mol. The molecule has 0 aliphatic rings. The maximum Gasteiger partial charge on any atom is 0.151 e. The molecule has 2 aromatic heterocycles. The molecule has 0 amide bonds. The van der Waals surface area contributed by atoms with Gasteiger partial charge in [0, 0.05) is 36.6 Å². The summed E-state index contributed by atoms with van der Waals surface area (Å²) in [4.78, 5) is 4.19. The minimum Gasteiger partial charge on any atom is -0.506 e. The highest BCUT2D eigenvalue weighted by Gasteiger charge is 2.15. The number of nitrogens with zero attached hydrogens (tertiary/aromatic N) is 3. The highest BCUT2D eigenvalue weighted by molar-refractivity contribution is 6.08. The summed E-state index contributed by atoms with van der Waals surface area (Å²) in [6, 6.07) is 5.41. The van der Waals surface area contributed by atoms with Crippen molar-refractivity contribution in [1.29, 1.82) is 0 Å². The van der Waals surface area contributed by atoms with Crippen molar-refractivity contribution >= 4 is 28.1 Å². The third kappa shape index (κ3) is 1.87. The quantitative estimate of drug-likeness (QED) is 0.574. The van der Waals surface area contributed by atoms with Crippen LogP contribution in [0.1, 0.15) is 11.3 Å². The molecule has 3 aromatic rings. The summed E-state index contributed by atoms with van der Waals surface area (Å²) in [7, 11) is 3.69. The maximum absolute atomic E-state index is 10.1. The van der Waals surface area contributed by atoms with Crippen LogP contribution in [0.15, 0.2) is 33.9 Å². The van der Waals surface area contributed by atoms with Gasteiger partial charge in [0.25, 0.3) is 0 Å². The van der Waals surface area contributed by atoms with Crippen LogP contribution in [0.4, 0.5) is 0 Å². The number of phenols is 1. The summed E-state index contributed by atoms with van der Waals surface area (Å²) in [5.74, 6) is 0.845. The van der Waals surface area contributed by atoms with Crippen molar-refractivity contribution in [1.82, 2.24) is 9.99 Å². The average Bonchev–Trinajstić information content (AvgIpc) is 2.74. The first-order chi connectivity index (χ1) is 9.58. The van der Waals surface area contributed by atoms with Gasteiger partial charge in [0.2, 0.25) is 0 Å². The van der Waals surface area contributed by atoms with Gasteiger partial charge in [0.05, 0.1) is 6.21 Å². The van der Waals surface area contributed by atoms with E-state index in [-0.39, 0.29) is 5.75 Å². The van der Waals surface area contributed by atoms with E-state index in [1.54, 1.807) is 23.5 Å². The number of aromatic hydroxyl groups is 1. The summed E-state index contributed by atoms with van der Waals surface area (Å²) in [6.45, 7) is 1.95. The Bertz CT molecular complexity index is 819. The lowest BCUT2D eigenvalue weighted by Crippen LogP contribution is -2.01. The molecule has 0 bridgehead atoms. The van der Waals surface area contributed by atoms with Gasteiger partial charge in [-0.1, -0.05) is 0 Å². The minimum absolute atomic E-state index is 0.160. The van der Waals surface area contributed by atoms with Gasteiger partial charge in [0.15, 0.2) is 5.76 Å². The number of furan rings is 1. The van der Waals surface area contributed by atoms with E-state index in [0.717, 1.165) is 21.9 Å². The van der Waals surface area contributed by atoms with Crippen molar-refractivity contribution in [3.8, 4) is 5.75 Å². The number of pyridine rings is 1. The Hall–Kier alpha value is -2.56. The minimum atomic E-state index is 0.160. The smallest absolute Gasteiger partial charge is 0.151 e. The van der Waals surface area contributed by atoms with E-state index >= 15 is 0 Å². The predicted molar refractivity (Wildman–Crippen MR) is 79.2 cm³/mol. The number of benzene rings is 1. The maximum atomic E-state index is 10.1. The number of hydrogen-bond acceptors (Lipinski definition) is 5. The van der Waals surface area contributed by atoms with E-state index in [9.17, 15) is 5.11 Å². The average molecular weight is 269 g/mol. The number of fused-ring (bicyclic) bond motifs is 3. The number of aromatic nitrogens is 1. The molecule has 5 heteroatoms. The standard InChI is InChI=1S/C15H15N3O2/c1-9-11-7-12(19)14-10(5-4-6-16-14)15(11)20-13(9)8-17-18(2)3/h4-8,19H,1-3H3/b17-8+. The molecule has 102 valence electrons. The first-order valence-electron chi connectivity index (χ1n) is 6.29. The molecule has 3 rings (SSSR count). The summed E-state index contributed by atoms with van der Waals surface area (Å²) < 4.78 is 5.89. The third-order valence-electron chi connectivity index (χ3n) is 3.21. The number of aryl methyl sites for hydroxylation is 1. The van der Waals surface area contributed by atoms with Gasteiger partial charge in [0.1, 0.15) is 16.8 Å². The fourth-order valence-electron chi connectivity index (χ4n) is 2.21. The number of hydrogen-bond donors (Lipinski definition) is 1. The first kappa shape index (κ1) is 12.5. The van der Waals surface area contributed by atoms with Crippen LogP contribution in [0.5, 0.6) is 5.75 Å². The highest BCUT2D eigenvalue weighted by Crippen LogP contribution is 2.35. The van der Waals surface area contributed by atoms with Gasteiger partial charge in [-0.2, -0.15) is 5.10 Å². The molecular formula is C15H15N3O2. The van der Waals surface area contributed by atoms with Crippen LogP contribution < -0.4 is 0 Å². The topological polar surface area (TPSA) is 61.9 Å². The molecule has 0 saturated heterocycles. The van der Waals surface area contributed by atoms with E-state index in [0.29, 0.717) is 11.3 Å². The highest BCUT2D eigenvalue weighted by atomic mass is 16.3. The second-order valence-electron chi connectivity index (χ2n) is 4.86. The van der Waals surface area contributed by atoms with E-state index < -0.39 is 0 Å². The molecule has 5 nitrogen and oxygen atoms in total. The lowest BCUT2D eigenvalue weighted by molar-refractivity contribution is 0.438. The van der Waals surface area contributed by atoms with Gasteiger partial charge in [-0.05, 0) is 25.1 Å². The molecule has 0 saturated carbocycles. The molecule has 0 spiro atoms. The van der Waals surface area contributed by atoms with E-state index in [1.165, 1.54) is 0 Å². The lowest BCUT2D eigenvalue weighted by atomic mass is 10.1. The van der Waals surface area contributed by atoms with Crippen LogP contribution in [0, 0.1) is 6.92 Å². The van der Waals surface area contributed by atoms with Crippen molar-refractivity contribution in [2.75, 3.05) is 14.1 Å². The molecule has 1 N–H and O–H groups in total. The molecule has 0 atom stereocenters. The van der Waals surface area contributed by atoms with E-state index in [1.807, 2.05) is 33.2 Å². The summed E-state index contributed by atoms with van der Waals surface area (Å²) in [5.41, 5.74) is 2.22. The van der Waals surface area contributed by atoms with Crippen LogP contribution in [0.3, 0.4) is 0 Å². The monoisotopic (exact) mass is 269 g/mol. The Balaban J connectivity index is 2.33. The fourth-order valence-corrected chi connectivity index (χ4v) is 2.21. The second kappa shape index (κ2) is 4.52. The van der Waals surface area contributed by atoms with E-state index in [2.05, 4.69) is 10.1 Å². The first-order valence-corrected chi connectivity index (χ1v) is 6.29. The van der Waals surface area contributed by atoms with Crippen molar-refractivity contribution in [3.05, 3.63) is 35.7 Å². The fraction of sp³-hybridized carbons (Fsp3) is 0.200. The van der Waals surface area contributed by atoms with Gasteiger partial charge >= 0.3 is 0 Å². The predicted octanol–water partition coefficient (Wildman–Crippen LogP) is 2.89. The molecule has 0 aliphatic heterocycles. The van der Waals surface area contributed by atoms with Crippen LogP contribution in [0.25, 0.3) is 21.9 Å². The molecule has 20 heavy (non-hydrogen) atoms. The van der Waals surface area contributed by atoms with Crippen LogP contribution >= 0.6 is 0 Å². The zero-order chi connectivity index (χ0) is 14.3. The zero-order valence-corrected chi connectivity index (χ0v) is 11.6. The number of phenolic OH excluding ortho intramolecular Hbond substituents is 1. The molecule has 1 aromatic carbocycles. The van der Waals surface area contributed by atoms with E-state index in [4.69, 9.17) is 4.42 Å². The number of rotatable bonds is 2. The SMILES string of the molecule is Cc1c(/C=N/N(C)C)oc2c1cc(O)c1ncccc12. The summed E-state index contributed by atoms with van der Waals surface area (Å²) >= 11 is 0. The Morgan fingerprint density at radius 2 is 2.15 bits per heavy atom. The molecule has 0 aliphatic carbocycles. The van der Waals surface area contributed by atoms with Gasteiger partial charge in [-0.25, -0.2) is 0 Å². The van der Waals surface area contributed by atoms with Crippen LogP contribution in [0.2, 0.25) is 0 Å². The summed E-state index contributed by atoms with van der Waals surface area (Å²) in [5, 5.41) is 17.6. The van der Waals surface area contributed by atoms with Crippen molar-refractivity contribution in [3.63, 3.8) is 0 Å². The Labute approximate surface area is 116 Å². The normalized spacial score (nSPS) is 11.8. The number of hydrazone groups is 1. The zero-order valence-electron chi connectivity index (χ0n) is 11.6. The molecule has 2 heterocycles. The molecule has 0 fully saturated rings. The van der Waals surface area contributed by atoms with Crippen molar-refractivity contribution in [2.24, 2.45) is 5.10 Å².